The number of rotatable bonds is 9. The summed E-state index contributed by atoms with van der Waals surface area (Å²) in [6, 6.07) is 11.4. The first-order valence-corrected chi connectivity index (χ1v) is 7.14. The Labute approximate surface area is 129 Å². The Morgan fingerprint density at radius 3 is 2.86 bits per heavy atom. The number of amides is 1. The lowest BCUT2D eigenvalue weighted by atomic mass is 10.2. The fourth-order valence-corrected chi connectivity index (χ4v) is 1.84. The van der Waals surface area contributed by atoms with Gasteiger partial charge in [-0.1, -0.05) is 35.5 Å². The highest BCUT2D eigenvalue weighted by Gasteiger charge is 2.12. The van der Waals surface area contributed by atoms with Crippen molar-refractivity contribution >= 4 is 5.91 Å². The Balaban J connectivity index is 1.72. The van der Waals surface area contributed by atoms with Crippen LogP contribution in [0.25, 0.3) is 0 Å². The van der Waals surface area contributed by atoms with E-state index in [2.05, 4.69) is 10.5 Å². The second-order valence-corrected chi connectivity index (χ2v) is 4.76. The van der Waals surface area contributed by atoms with Crippen LogP contribution >= 0.6 is 0 Å². The fraction of sp³-hybridized carbons (Fsp3) is 0.375. The smallest absolute Gasteiger partial charge is 0.273 e. The predicted molar refractivity (Wildman–Crippen MR) is 80.3 cm³/mol. The molecule has 1 heterocycles. The third-order valence-corrected chi connectivity index (χ3v) is 2.96. The first kappa shape index (κ1) is 16.2. The van der Waals surface area contributed by atoms with Crippen molar-refractivity contribution in [1.82, 2.24) is 10.5 Å². The maximum Gasteiger partial charge on any atom is 0.273 e. The molecule has 2 aromatic rings. The molecule has 1 aromatic carbocycles. The Morgan fingerprint density at radius 2 is 2.09 bits per heavy atom. The number of aromatic nitrogens is 1. The van der Waals surface area contributed by atoms with Crippen molar-refractivity contribution in [1.29, 1.82) is 0 Å². The van der Waals surface area contributed by atoms with Gasteiger partial charge in [-0.3, -0.25) is 4.79 Å². The standard InChI is InChI=1S/C16H20N2O4/c1-20-9-5-8-17-16(19)15-10-14(22-18-15)12-21-11-13-6-3-2-4-7-13/h2-4,6-7,10H,5,8-9,11-12H2,1H3,(H,17,19). The summed E-state index contributed by atoms with van der Waals surface area (Å²) < 4.78 is 15.5. The molecule has 0 aliphatic carbocycles. The van der Waals surface area contributed by atoms with Crippen LogP contribution in [0.1, 0.15) is 28.2 Å². The molecule has 22 heavy (non-hydrogen) atoms. The number of nitrogens with zero attached hydrogens (tertiary/aromatic N) is 1. The fourth-order valence-electron chi connectivity index (χ4n) is 1.84. The average molecular weight is 304 g/mol. The molecule has 2 rings (SSSR count). The summed E-state index contributed by atoms with van der Waals surface area (Å²) in [5, 5.41) is 6.49. The molecule has 0 aliphatic heterocycles. The number of methoxy groups -OCH3 is 1. The van der Waals surface area contributed by atoms with Gasteiger partial charge in [0.25, 0.3) is 5.91 Å². The SMILES string of the molecule is COCCCNC(=O)c1cc(COCc2ccccc2)on1. The van der Waals surface area contributed by atoms with Crippen LogP contribution in [0.4, 0.5) is 0 Å². The van der Waals surface area contributed by atoms with E-state index in [1.165, 1.54) is 0 Å². The highest BCUT2D eigenvalue weighted by Crippen LogP contribution is 2.08. The van der Waals surface area contributed by atoms with Crippen molar-refractivity contribution in [2.75, 3.05) is 20.3 Å². The molecule has 0 saturated carbocycles. The zero-order valence-corrected chi connectivity index (χ0v) is 12.6. The van der Waals surface area contributed by atoms with E-state index >= 15 is 0 Å². The van der Waals surface area contributed by atoms with Crippen LogP contribution in [0.3, 0.4) is 0 Å². The van der Waals surface area contributed by atoms with Gasteiger partial charge in [0.2, 0.25) is 0 Å². The lowest BCUT2D eigenvalue weighted by molar-refractivity contribution is 0.0877. The molecule has 0 saturated heterocycles. The molecule has 6 nitrogen and oxygen atoms in total. The van der Waals surface area contributed by atoms with Crippen molar-refractivity contribution in [3.8, 4) is 0 Å². The summed E-state index contributed by atoms with van der Waals surface area (Å²) in [5.41, 5.74) is 1.34. The average Bonchev–Trinajstić information content (AvgIpc) is 3.01. The minimum Gasteiger partial charge on any atom is -0.385 e. The van der Waals surface area contributed by atoms with Crippen molar-refractivity contribution in [2.24, 2.45) is 0 Å². The van der Waals surface area contributed by atoms with Crippen LogP contribution in [0, 0.1) is 0 Å². The molecule has 0 bridgehead atoms. The topological polar surface area (TPSA) is 73.6 Å². The summed E-state index contributed by atoms with van der Waals surface area (Å²) in [4.78, 5) is 11.8. The van der Waals surface area contributed by atoms with Crippen molar-refractivity contribution in [3.05, 3.63) is 53.4 Å². The van der Waals surface area contributed by atoms with Gasteiger partial charge in [0.1, 0.15) is 6.61 Å². The number of hydrogen-bond donors (Lipinski definition) is 1. The van der Waals surface area contributed by atoms with Gasteiger partial charge in [0, 0.05) is 26.3 Å². The van der Waals surface area contributed by atoms with Crippen LogP contribution in [-0.2, 0) is 22.7 Å². The minimum absolute atomic E-state index is 0.255. The molecule has 0 fully saturated rings. The summed E-state index contributed by atoms with van der Waals surface area (Å²) >= 11 is 0. The van der Waals surface area contributed by atoms with E-state index < -0.39 is 0 Å². The molecule has 0 unspecified atom stereocenters. The molecule has 1 N–H and O–H groups in total. The molecule has 0 aliphatic rings. The van der Waals surface area contributed by atoms with Crippen LogP contribution in [0.2, 0.25) is 0 Å². The number of carbonyl (C=O) groups excluding carboxylic acids is 1. The second kappa shape index (κ2) is 8.96. The highest BCUT2D eigenvalue weighted by molar-refractivity contribution is 5.92. The molecular weight excluding hydrogens is 284 g/mol. The van der Waals surface area contributed by atoms with Crippen LogP contribution in [-0.4, -0.2) is 31.3 Å². The Bertz CT molecular complexity index is 569. The van der Waals surface area contributed by atoms with Gasteiger partial charge >= 0.3 is 0 Å². The largest absolute Gasteiger partial charge is 0.385 e. The van der Waals surface area contributed by atoms with Crippen LogP contribution in [0.5, 0.6) is 0 Å². The van der Waals surface area contributed by atoms with Gasteiger partial charge < -0.3 is 19.3 Å². The third-order valence-electron chi connectivity index (χ3n) is 2.96. The number of hydrogen-bond acceptors (Lipinski definition) is 5. The molecule has 0 radical (unpaired) electrons. The van der Waals surface area contributed by atoms with Gasteiger partial charge in [0.05, 0.1) is 6.61 Å². The van der Waals surface area contributed by atoms with Crippen molar-refractivity contribution in [2.45, 2.75) is 19.6 Å². The van der Waals surface area contributed by atoms with E-state index in [4.69, 9.17) is 14.0 Å². The third kappa shape index (κ3) is 5.31. The molecule has 0 spiro atoms. The number of nitrogens with one attached hydrogen (secondary N) is 1. The number of benzene rings is 1. The molecule has 118 valence electrons. The number of carbonyl (C=O) groups is 1. The Morgan fingerprint density at radius 1 is 1.27 bits per heavy atom. The van der Waals surface area contributed by atoms with Crippen molar-refractivity contribution < 1.29 is 18.8 Å². The quantitative estimate of drug-likeness (QED) is 0.719. The second-order valence-electron chi connectivity index (χ2n) is 4.76. The summed E-state index contributed by atoms with van der Waals surface area (Å²) in [7, 11) is 1.63. The Hall–Kier alpha value is -2.18. The normalized spacial score (nSPS) is 10.6. The highest BCUT2D eigenvalue weighted by atomic mass is 16.5. The van der Waals surface area contributed by atoms with E-state index in [0.29, 0.717) is 25.5 Å². The van der Waals surface area contributed by atoms with Gasteiger partial charge in [-0.05, 0) is 12.0 Å². The van der Waals surface area contributed by atoms with Gasteiger partial charge in [-0.2, -0.15) is 0 Å². The molecule has 6 heteroatoms. The zero-order chi connectivity index (χ0) is 15.6. The predicted octanol–water partition coefficient (Wildman–Crippen LogP) is 2.16. The molecule has 1 aromatic heterocycles. The summed E-state index contributed by atoms with van der Waals surface area (Å²) in [5.74, 6) is 0.270. The van der Waals surface area contributed by atoms with E-state index in [0.717, 1.165) is 12.0 Å². The molecular formula is C16H20N2O4. The van der Waals surface area contributed by atoms with E-state index in [1.54, 1.807) is 13.2 Å². The first-order valence-electron chi connectivity index (χ1n) is 7.14. The summed E-state index contributed by atoms with van der Waals surface area (Å²) in [6.45, 7) is 1.91. The number of ether oxygens (including phenoxy) is 2. The van der Waals surface area contributed by atoms with E-state index in [9.17, 15) is 4.79 Å². The van der Waals surface area contributed by atoms with Gasteiger partial charge in [-0.25, -0.2) is 0 Å². The lowest BCUT2D eigenvalue weighted by Crippen LogP contribution is -2.25. The van der Waals surface area contributed by atoms with Crippen LogP contribution in [0.15, 0.2) is 40.9 Å². The molecule has 1 amide bonds. The van der Waals surface area contributed by atoms with Crippen LogP contribution < -0.4 is 5.32 Å². The maximum atomic E-state index is 11.8. The molecule has 0 atom stereocenters. The van der Waals surface area contributed by atoms with Gasteiger partial charge in [0.15, 0.2) is 11.5 Å². The van der Waals surface area contributed by atoms with E-state index in [1.807, 2.05) is 30.3 Å². The minimum atomic E-state index is -0.255. The summed E-state index contributed by atoms with van der Waals surface area (Å²) in [6.07, 6.45) is 0.757. The first-order chi connectivity index (χ1) is 10.8. The monoisotopic (exact) mass is 304 g/mol. The Kier molecular flexibility index (Phi) is 6.60. The zero-order valence-electron chi connectivity index (χ0n) is 12.6. The van der Waals surface area contributed by atoms with E-state index in [-0.39, 0.29) is 18.2 Å². The maximum absolute atomic E-state index is 11.8. The lowest BCUT2D eigenvalue weighted by Gasteiger charge is -2.01. The van der Waals surface area contributed by atoms with Gasteiger partial charge in [-0.15, -0.1) is 0 Å². The van der Waals surface area contributed by atoms with Crippen molar-refractivity contribution in [3.63, 3.8) is 0 Å².